The van der Waals surface area contributed by atoms with Crippen molar-refractivity contribution in [3.05, 3.63) is 0 Å². The summed E-state index contributed by atoms with van der Waals surface area (Å²) in [6.07, 6.45) is 6.01. The molecule has 2 fully saturated rings. The van der Waals surface area contributed by atoms with Gasteiger partial charge in [-0.25, -0.2) is 4.79 Å². The second-order valence-corrected chi connectivity index (χ2v) is 5.99. The average molecular weight is 268 g/mol. The van der Waals surface area contributed by atoms with Crippen molar-refractivity contribution in [2.45, 2.75) is 63.5 Å². The molecule has 108 valence electrons. The van der Waals surface area contributed by atoms with Gasteiger partial charge in [-0.3, -0.25) is 4.79 Å². The fraction of sp³-hybridized carbons (Fsp3) is 0.857. The highest BCUT2D eigenvalue weighted by Gasteiger charge is 2.42. The molecule has 1 aliphatic heterocycles. The monoisotopic (exact) mass is 268 g/mol. The van der Waals surface area contributed by atoms with Crippen LogP contribution < -0.4 is 10.6 Å². The maximum atomic E-state index is 12.3. The van der Waals surface area contributed by atoms with Crippen LogP contribution in [-0.2, 0) is 9.59 Å². The van der Waals surface area contributed by atoms with Gasteiger partial charge in [0, 0.05) is 0 Å². The first-order valence-electron chi connectivity index (χ1n) is 7.34. The quantitative estimate of drug-likeness (QED) is 0.720. The lowest BCUT2D eigenvalue weighted by Gasteiger charge is -2.37. The molecule has 0 aromatic carbocycles. The van der Waals surface area contributed by atoms with Gasteiger partial charge in [-0.1, -0.05) is 26.2 Å². The Bertz CT molecular complexity index is 351. The van der Waals surface area contributed by atoms with Crippen molar-refractivity contribution in [3.63, 3.8) is 0 Å². The lowest BCUT2D eigenvalue weighted by molar-refractivity contribution is -0.150. The summed E-state index contributed by atoms with van der Waals surface area (Å²) in [4.78, 5) is 23.9. The fourth-order valence-electron chi connectivity index (χ4n) is 3.26. The summed E-state index contributed by atoms with van der Waals surface area (Å²) in [6.45, 7) is 2.88. The van der Waals surface area contributed by atoms with Crippen LogP contribution in [0.4, 0.5) is 0 Å². The molecule has 3 N–H and O–H groups in total. The van der Waals surface area contributed by atoms with E-state index in [1.165, 1.54) is 0 Å². The Morgan fingerprint density at radius 1 is 1.21 bits per heavy atom. The number of carboxylic acid groups (broad SMARTS) is 1. The zero-order valence-corrected chi connectivity index (χ0v) is 11.6. The molecule has 2 rings (SSSR count). The van der Waals surface area contributed by atoms with E-state index in [1.54, 1.807) is 0 Å². The lowest BCUT2D eigenvalue weighted by Crippen LogP contribution is -2.61. The van der Waals surface area contributed by atoms with E-state index in [4.69, 9.17) is 0 Å². The molecule has 0 aromatic heterocycles. The molecule has 5 heteroatoms. The minimum atomic E-state index is -1.03. The minimum Gasteiger partial charge on any atom is -0.480 e. The second kappa shape index (κ2) is 5.90. The number of hydrogen-bond acceptors (Lipinski definition) is 3. The third-order valence-electron chi connectivity index (χ3n) is 4.53. The van der Waals surface area contributed by atoms with E-state index in [-0.39, 0.29) is 17.9 Å². The summed E-state index contributed by atoms with van der Waals surface area (Å²) in [5.74, 6) is -0.760. The third kappa shape index (κ3) is 3.08. The first-order chi connectivity index (χ1) is 9.05. The number of carboxylic acids is 1. The Hall–Kier alpha value is -1.10. The van der Waals surface area contributed by atoms with Crippen LogP contribution in [0.2, 0.25) is 0 Å². The molecule has 1 saturated heterocycles. The van der Waals surface area contributed by atoms with E-state index in [1.807, 2.05) is 6.92 Å². The molecular formula is C14H24N2O3. The zero-order chi connectivity index (χ0) is 13.9. The molecule has 1 aliphatic carbocycles. The van der Waals surface area contributed by atoms with Crippen molar-refractivity contribution >= 4 is 11.9 Å². The van der Waals surface area contributed by atoms with Crippen molar-refractivity contribution in [2.75, 3.05) is 6.54 Å². The predicted molar refractivity (Wildman–Crippen MR) is 71.8 cm³/mol. The zero-order valence-electron chi connectivity index (χ0n) is 11.6. The molecule has 0 bridgehead atoms. The van der Waals surface area contributed by atoms with Crippen molar-refractivity contribution in [1.29, 1.82) is 0 Å². The Balaban J connectivity index is 2.04. The molecule has 1 heterocycles. The fourth-order valence-corrected chi connectivity index (χ4v) is 3.26. The van der Waals surface area contributed by atoms with Crippen LogP contribution >= 0.6 is 0 Å². The van der Waals surface area contributed by atoms with Crippen LogP contribution in [-0.4, -0.2) is 35.1 Å². The standard InChI is InChI=1S/C14H24N2O3/c1-10-6-5-9-15-11(10)12(17)16-14(13(18)19)7-3-2-4-8-14/h10-11,15H,2-9H2,1H3,(H,16,17)(H,18,19). The SMILES string of the molecule is CC1CCCNC1C(=O)NC1(C(=O)O)CCCCC1. The van der Waals surface area contributed by atoms with Gasteiger partial charge in [0.15, 0.2) is 0 Å². The third-order valence-corrected chi connectivity index (χ3v) is 4.53. The predicted octanol–water partition coefficient (Wildman–Crippen LogP) is 1.28. The highest BCUT2D eigenvalue weighted by atomic mass is 16.4. The Labute approximate surface area is 114 Å². The highest BCUT2D eigenvalue weighted by molar-refractivity contribution is 5.89. The highest BCUT2D eigenvalue weighted by Crippen LogP contribution is 2.29. The topological polar surface area (TPSA) is 78.4 Å². The molecule has 2 aliphatic rings. The van der Waals surface area contributed by atoms with Crippen molar-refractivity contribution < 1.29 is 14.7 Å². The first-order valence-corrected chi connectivity index (χ1v) is 7.34. The van der Waals surface area contributed by atoms with Gasteiger partial charge in [-0.2, -0.15) is 0 Å². The molecule has 1 amide bonds. The minimum absolute atomic E-state index is 0.142. The van der Waals surface area contributed by atoms with Gasteiger partial charge in [-0.15, -0.1) is 0 Å². The van der Waals surface area contributed by atoms with Crippen LogP contribution in [0, 0.1) is 5.92 Å². The van der Waals surface area contributed by atoms with Gasteiger partial charge in [0.2, 0.25) is 5.91 Å². The Kier molecular flexibility index (Phi) is 4.45. The number of aliphatic carboxylic acids is 1. The average Bonchev–Trinajstić information content (AvgIpc) is 2.40. The van der Waals surface area contributed by atoms with E-state index >= 15 is 0 Å². The van der Waals surface area contributed by atoms with Gasteiger partial charge < -0.3 is 15.7 Å². The molecule has 0 radical (unpaired) electrons. The van der Waals surface area contributed by atoms with E-state index in [0.717, 1.165) is 38.6 Å². The van der Waals surface area contributed by atoms with E-state index < -0.39 is 11.5 Å². The van der Waals surface area contributed by atoms with Crippen LogP contribution in [0.25, 0.3) is 0 Å². The van der Waals surface area contributed by atoms with Crippen LogP contribution in [0.15, 0.2) is 0 Å². The first kappa shape index (κ1) is 14.3. The number of carbonyl (C=O) groups is 2. The summed E-state index contributed by atoms with van der Waals surface area (Å²) in [5, 5.41) is 15.5. The summed E-state index contributed by atoms with van der Waals surface area (Å²) in [7, 11) is 0. The molecule has 19 heavy (non-hydrogen) atoms. The van der Waals surface area contributed by atoms with Gasteiger partial charge in [0.05, 0.1) is 6.04 Å². The lowest BCUT2D eigenvalue weighted by atomic mass is 9.81. The molecule has 2 atom stereocenters. The molecule has 2 unspecified atom stereocenters. The Morgan fingerprint density at radius 3 is 2.47 bits per heavy atom. The van der Waals surface area contributed by atoms with E-state index in [0.29, 0.717) is 12.8 Å². The van der Waals surface area contributed by atoms with Crippen molar-refractivity contribution in [3.8, 4) is 0 Å². The maximum Gasteiger partial charge on any atom is 0.329 e. The summed E-state index contributed by atoms with van der Waals surface area (Å²) >= 11 is 0. The number of rotatable bonds is 3. The van der Waals surface area contributed by atoms with Crippen LogP contribution in [0.3, 0.4) is 0 Å². The normalized spacial score (nSPS) is 30.6. The van der Waals surface area contributed by atoms with E-state index in [9.17, 15) is 14.7 Å². The number of amides is 1. The summed E-state index contributed by atoms with van der Waals surface area (Å²) < 4.78 is 0. The number of carbonyl (C=O) groups excluding carboxylic acids is 1. The number of hydrogen-bond donors (Lipinski definition) is 3. The number of nitrogens with one attached hydrogen (secondary N) is 2. The summed E-state index contributed by atoms with van der Waals surface area (Å²) in [5.41, 5.74) is -1.03. The van der Waals surface area contributed by atoms with Gasteiger partial charge in [-0.05, 0) is 38.1 Å². The van der Waals surface area contributed by atoms with Crippen molar-refractivity contribution in [1.82, 2.24) is 10.6 Å². The maximum absolute atomic E-state index is 12.3. The largest absolute Gasteiger partial charge is 0.480 e. The number of piperidine rings is 1. The van der Waals surface area contributed by atoms with Crippen LogP contribution in [0.1, 0.15) is 51.9 Å². The molecule has 1 saturated carbocycles. The molecule has 5 nitrogen and oxygen atoms in total. The van der Waals surface area contributed by atoms with Gasteiger partial charge in [0.1, 0.15) is 5.54 Å². The van der Waals surface area contributed by atoms with Crippen LogP contribution in [0.5, 0.6) is 0 Å². The van der Waals surface area contributed by atoms with Gasteiger partial charge in [0.25, 0.3) is 0 Å². The smallest absolute Gasteiger partial charge is 0.329 e. The Morgan fingerprint density at radius 2 is 1.89 bits per heavy atom. The molecule has 0 aromatic rings. The van der Waals surface area contributed by atoms with E-state index in [2.05, 4.69) is 10.6 Å². The van der Waals surface area contributed by atoms with Gasteiger partial charge >= 0.3 is 5.97 Å². The molecule has 0 spiro atoms. The van der Waals surface area contributed by atoms with Crippen molar-refractivity contribution in [2.24, 2.45) is 5.92 Å². The molecular weight excluding hydrogens is 244 g/mol. The summed E-state index contributed by atoms with van der Waals surface area (Å²) in [6, 6.07) is -0.244. The second-order valence-electron chi connectivity index (χ2n) is 5.99.